The second-order valence-corrected chi connectivity index (χ2v) is 5.27. The molecule has 0 bridgehead atoms. The second-order valence-electron chi connectivity index (χ2n) is 5.27. The third kappa shape index (κ3) is 2.52. The first kappa shape index (κ1) is 11.4. The molecule has 0 atom stereocenters. The molecular formula is C12H23NO2. The predicted molar refractivity (Wildman–Crippen MR) is 59.8 cm³/mol. The van der Waals surface area contributed by atoms with Crippen molar-refractivity contribution in [1.82, 2.24) is 4.90 Å². The SMILES string of the molecule is CN(CC1(CO)CCC1)C1CCOCC1. The summed E-state index contributed by atoms with van der Waals surface area (Å²) in [5.41, 5.74) is 0.229. The number of ether oxygens (including phenoxy) is 1. The molecule has 1 saturated heterocycles. The highest BCUT2D eigenvalue weighted by atomic mass is 16.5. The first-order valence-electron chi connectivity index (χ1n) is 6.15. The fraction of sp³-hybridized carbons (Fsp3) is 1.00. The van der Waals surface area contributed by atoms with Gasteiger partial charge in [-0.25, -0.2) is 0 Å². The quantitative estimate of drug-likeness (QED) is 0.763. The summed E-state index contributed by atoms with van der Waals surface area (Å²) in [5, 5.41) is 9.43. The maximum Gasteiger partial charge on any atom is 0.0499 e. The lowest BCUT2D eigenvalue weighted by molar-refractivity contribution is -0.0186. The molecule has 0 aromatic heterocycles. The Morgan fingerprint density at radius 2 is 2.00 bits per heavy atom. The van der Waals surface area contributed by atoms with Gasteiger partial charge in [0.2, 0.25) is 0 Å². The average molecular weight is 213 g/mol. The summed E-state index contributed by atoms with van der Waals surface area (Å²) in [6.45, 7) is 3.23. The van der Waals surface area contributed by atoms with Crippen LogP contribution in [-0.4, -0.2) is 49.5 Å². The topological polar surface area (TPSA) is 32.7 Å². The Labute approximate surface area is 92.4 Å². The third-order valence-electron chi connectivity index (χ3n) is 4.15. The van der Waals surface area contributed by atoms with E-state index in [1.165, 1.54) is 19.3 Å². The van der Waals surface area contributed by atoms with Crippen LogP contribution in [0.3, 0.4) is 0 Å². The molecule has 0 radical (unpaired) electrons. The summed E-state index contributed by atoms with van der Waals surface area (Å²) in [6, 6.07) is 0.669. The number of hydrogen-bond acceptors (Lipinski definition) is 3. The van der Waals surface area contributed by atoms with Crippen molar-refractivity contribution in [3.05, 3.63) is 0 Å². The van der Waals surface area contributed by atoms with Gasteiger partial charge in [-0.05, 0) is 32.7 Å². The van der Waals surface area contributed by atoms with Crippen LogP contribution in [0.1, 0.15) is 32.1 Å². The highest BCUT2D eigenvalue weighted by Gasteiger charge is 2.38. The molecule has 88 valence electrons. The maximum absolute atomic E-state index is 9.43. The van der Waals surface area contributed by atoms with Crippen molar-refractivity contribution in [1.29, 1.82) is 0 Å². The zero-order valence-corrected chi connectivity index (χ0v) is 9.74. The molecule has 2 rings (SSSR count). The van der Waals surface area contributed by atoms with Crippen molar-refractivity contribution >= 4 is 0 Å². The van der Waals surface area contributed by atoms with Crippen LogP contribution in [0, 0.1) is 5.41 Å². The fourth-order valence-electron chi connectivity index (χ4n) is 2.83. The number of nitrogens with zero attached hydrogens (tertiary/aromatic N) is 1. The Kier molecular flexibility index (Phi) is 3.65. The van der Waals surface area contributed by atoms with Crippen LogP contribution in [0.5, 0.6) is 0 Å². The fourth-order valence-corrected chi connectivity index (χ4v) is 2.83. The summed E-state index contributed by atoms with van der Waals surface area (Å²) >= 11 is 0. The van der Waals surface area contributed by atoms with Crippen LogP contribution in [0.4, 0.5) is 0 Å². The Balaban J connectivity index is 1.82. The molecule has 1 saturated carbocycles. The lowest BCUT2D eigenvalue weighted by Crippen LogP contribution is -2.48. The Morgan fingerprint density at radius 1 is 1.33 bits per heavy atom. The summed E-state index contributed by atoms with van der Waals surface area (Å²) in [7, 11) is 2.20. The van der Waals surface area contributed by atoms with Crippen LogP contribution in [0.15, 0.2) is 0 Å². The van der Waals surface area contributed by atoms with Gasteiger partial charge < -0.3 is 14.7 Å². The van der Waals surface area contributed by atoms with E-state index in [9.17, 15) is 5.11 Å². The van der Waals surface area contributed by atoms with Crippen LogP contribution in [-0.2, 0) is 4.74 Å². The van der Waals surface area contributed by atoms with Gasteiger partial charge in [-0.3, -0.25) is 0 Å². The molecule has 0 amide bonds. The molecule has 1 aliphatic heterocycles. The van der Waals surface area contributed by atoms with Crippen molar-refractivity contribution in [2.24, 2.45) is 5.41 Å². The highest BCUT2D eigenvalue weighted by Crippen LogP contribution is 2.41. The average Bonchev–Trinajstić information content (AvgIpc) is 2.24. The van der Waals surface area contributed by atoms with Gasteiger partial charge in [0, 0.05) is 37.8 Å². The van der Waals surface area contributed by atoms with E-state index in [2.05, 4.69) is 11.9 Å². The molecule has 0 aromatic rings. The van der Waals surface area contributed by atoms with Gasteiger partial charge >= 0.3 is 0 Å². The molecule has 2 fully saturated rings. The molecule has 15 heavy (non-hydrogen) atoms. The van der Waals surface area contributed by atoms with E-state index in [4.69, 9.17) is 4.74 Å². The molecule has 0 spiro atoms. The normalized spacial score (nSPS) is 26.6. The first-order valence-corrected chi connectivity index (χ1v) is 6.15. The van der Waals surface area contributed by atoms with Gasteiger partial charge in [0.25, 0.3) is 0 Å². The van der Waals surface area contributed by atoms with Gasteiger partial charge in [0.1, 0.15) is 0 Å². The lowest BCUT2D eigenvalue weighted by atomic mass is 9.69. The Morgan fingerprint density at radius 3 is 2.47 bits per heavy atom. The molecule has 0 unspecified atom stereocenters. The van der Waals surface area contributed by atoms with Gasteiger partial charge in [-0.15, -0.1) is 0 Å². The monoisotopic (exact) mass is 213 g/mol. The standard InChI is InChI=1S/C12H23NO2/c1-13(11-3-7-15-8-4-11)9-12(10-14)5-2-6-12/h11,14H,2-10H2,1H3. The molecule has 2 aliphatic rings. The number of hydrogen-bond donors (Lipinski definition) is 1. The smallest absolute Gasteiger partial charge is 0.0499 e. The van der Waals surface area contributed by atoms with Crippen LogP contribution in [0.2, 0.25) is 0 Å². The third-order valence-corrected chi connectivity index (χ3v) is 4.15. The number of rotatable bonds is 4. The molecule has 3 heteroatoms. The Hall–Kier alpha value is -0.120. The van der Waals surface area contributed by atoms with Crippen molar-refractivity contribution in [2.75, 3.05) is 33.4 Å². The van der Waals surface area contributed by atoms with E-state index in [1.54, 1.807) is 0 Å². The van der Waals surface area contributed by atoms with E-state index in [0.717, 1.165) is 32.6 Å². The lowest BCUT2D eigenvalue weighted by Gasteiger charge is -2.45. The Bertz CT molecular complexity index is 192. The minimum absolute atomic E-state index is 0.229. The van der Waals surface area contributed by atoms with Crippen LogP contribution >= 0.6 is 0 Å². The molecule has 1 heterocycles. The van der Waals surface area contributed by atoms with Crippen molar-refractivity contribution in [2.45, 2.75) is 38.1 Å². The molecule has 3 nitrogen and oxygen atoms in total. The zero-order valence-electron chi connectivity index (χ0n) is 9.74. The summed E-state index contributed by atoms with van der Waals surface area (Å²) in [4.78, 5) is 2.44. The minimum atomic E-state index is 0.229. The zero-order chi connectivity index (χ0) is 10.7. The predicted octanol–water partition coefficient (Wildman–Crippen LogP) is 1.26. The minimum Gasteiger partial charge on any atom is -0.396 e. The van der Waals surface area contributed by atoms with Gasteiger partial charge in [0.15, 0.2) is 0 Å². The summed E-state index contributed by atoms with van der Waals surface area (Å²) < 4.78 is 5.37. The molecule has 0 aromatic carbocycles. The van der Waals surface area contributed by atoms with Gasteiger partial charge in [0.05, 0.1) is 0 Å². The number of aliphatic hydroxyl groups is 1. The van der Waals surface area contributed by atoms with E-state index in [0.29, 0.717) is 12.6 Å². The first-order chi connectivity index (χ1) is 7.26. The van der Waals surface area contributed by atoms with E-state index in [-0.39, 0.29) is 5.41 Å². The van der Waals surface area contributed by atoms with Crippen molar-refractivity contribution < 1.29 is 9.84 Å². The van der Waals surface area contributed by atoms with E-state index >= 15 is 0 Å². The van der Waals surface area contributed by atoms with Crippen molar-refractivity contribution in [3.8, 4) is 0 Å². The number of aliphatic hydroxyl groups excluding tert-OH is 1. The van der Waals surface area contributed by atoms with E-state index in [1.807, 2.05) is 0 Å². The largest absolute Gasteiger partial charge is 0.396 e. The van der Waals surface area contributed by atoms with E-state index < -0.39 is 0 Å². The highest BCUT2D eigenvalue weighted by molar-refractivity contribution is 4.90. The summed E-state index contributed by atoms with van der Waals surface area (Å²) in [5.74, 6) is 0. The van der Waals surface area contributed by atoms with Crippen molar-refractivity contribution in [3.63, 3.8) is 0 Å². The van der Waals surface area contributed by atoms with Crippen LogP contribution in [0.25, 0.3) is 0 Å². The van der Waals surface area contributed by atoms with Gasteiger partial charge in [-0.2, -0.15) is 0 Å². The maximum atomic E-state index is 9.43. The molecule has 1 N–H and O–H groups in total. The molecule has 1 aliphatic carbocycles. The second kappa shape index (κ2) is 4.81. The van der Waals surface area contributed by atoms with Crippen LogP contribution < -0.4 is 0 Å². The molecular weight excluding hydrogens is 190 g/mol. The van der Waals surface area contributed by atoms with Gasteiger partial charge in [-0.1, -0.05) is 6.42 Å². The summed E-state index contributed by atoms with van der Waals surface area (Å²) in [6.07, 6.45) is 6.01.